The van der Waals surface area contributed by atoms with Crippen molar-refractivity contribution in [2.75, 3.05) is 19.0 Å². The van der Waals surface area contributed by atoms with Crippen LogP contribution in [0.4, 0.5) is 0 Å². The number of hydrogen-bond acceptors (Lipinski definition) is 6. The molecular weight excluding hydrogens is 396 g/mol. The molecule has 0 aliphatic rings. The van der Waals surface area contributed by atoms with Crippen LogP contribution >= 0.6 is 11.8 Å². The van der Waals surface area contributed by atoms with E-state index in [-0.39, 0.29) is 0 Å². The van der Waals surface area contributed by atoms with E-state index in [4.69, 9.17) is 9.47 Å². The molecule has 0 N–H and O–H groups in total. The second-order valence-corrected chi connectivity index (χ2v) is 7.38. The summed E-state index contributed by atoms with van der Waals surface area (Å²) < 4.78 is 13.4. The largest absolute Gasteiger partial charge is 0.494 e. The van der Waals surface area contributed by atoms with Crippen molar-refractivity contribution in [1.82, 2.24) is 19.7 Å². The monoisotopic (exact) mass is 418 g/mol. The van der Waals surface area contributed by atoms with E-state index < -0.39 is 0 Å². The molecule has 152 valence electrons. The Labute approximate surface area is 179 Å². The zero-order valence-corrected chi connectivity index (χ0v) is 17.5. The van der Waals surface area contributed by atoms with Crippen LogP contribution in [0.3, 0.4) is 0 Å². The standard InChI is InChI=1S/C23H22N4O2S/c1-2-28-21-12-10-19(11-13-21)27-22(18-7-6-14-24-17-18)25-26-23(27)30-16-15-29-20-8-4-3-5-9-20/h3-14,17H,2,15-16H2,1H3. The highest BCUT2D eigenvalue weighted by Gasteiger charge is 2.16. The lowest BCUT2D eigenvalue weighted by Crippen LogP contribution is -2.03. The summed E-state index contributed by atoms with van der Waals surface area (Å²) in [6.07, 6.45) is 3.54. The molecule has 0 spiro atoms. The van der Waals surface area contributed by atoms with Crippen LogP contribution in [0.1, 0.15) is 6.92 Å². The van der Waals surface area contributed by atoms with Crippen LogP contribution in [-0.4, -0.2) is 38.7 Å². The Kier molecular flexibility index (Phi) is 6.61. The van der Waals surface area contributed by atoms with Gasteiger partial charge in [0.15, 0.2) is 11.0 Å². The lowest BCUT2D eigenvalue weighted by atomic mass is 10.2. The Bertz CT molecular complexity index is 1050. The summed E-state index contributed by atoms with van der Waals surface area (Å²) in [6.45, 7) is 3.18. The SMILES string of the molecule is CCOc1ccc(-n2c(SCCOc3ccccc3)nnc2-c2cccnc2)cc1. The molecule has 4 rings (SSSR count). The highest BCUT2D eigenvalue weighted by Crippen LogP contribution is 2.28. The number of para-hydroxylation sites is 1. The molecule has 6 nitrogen and oxygen atoms in total. The van der Waals surface area contributed by atoms with Gasteiger partial charge in [0.1, 0.15) is 11.5 Å². The Morgan fingerprint density at radius 2 is 1.67 bits per heavy atom. The van der Waals surface area contributed by atoms with Gasteiger partial charge in [-0.3, -0.25) is 9.55 Å². The van der Waals surface area contributed by atoms with Crippen LogP contribution < -0.4 is 9.47 Å². The van der Waals surface area contributed by atoms with E-state index in [0.29, 0.717) is 13.2 Å². The van der Waals surface area contributed by atoms with Gasteiger partial charge in [0.25, 0.3) is 0 Å². The minimum atomic E-state index is 0.576. The first-order valence-corrected chi connectivity index (χ1v) is 10.7. The summed E-state index contributed by atoms with van der Waals surface area (Å²) >= 11 is 1.60. The van der Waals surface area contributed by atoms with Gasteiger partial charge < -0.3 is 9.47 Å². The maximum atomic E-state index is 5.80. The first-order valence-electron chi connectivity index (χ1n) is 9.75. The molecule has 0 amide bonds. The Morgan fingerprint density at radius 3 is 2.40 bits per heavy atom. The molecule has 2 heterocycles. The van der Waals surface area contributed by atoms with Crippen LogP contribution in [0.2, 0.25) is 0 Å². The van der Waals surface area contributed by atoms with Crippen molar-refractivity contribution >= 4 is 11.8 Å². The van der Waals surface area contributed by atoms with E-state index >= 15 is 0 Å². The van der Waals surface area contributed by atoms with Crippen molar-refractivity contribution in [1.29, 1.82) is 0 Å². The summed E-state index contributed by atoms with van der Waals surface area (Å²) in [5, 5.41) is 9.67. The lowest BCUT2D eigenvalue weighted by Gasteiger charge is -2.11. The molecule has 7 heteroatoms. The molecule has 0 radical (unpaired) electrons. The highest BCUT2D eigenvalue weighted by atomic mass is 32.2. The Hall–Kier alpha value is -3.32. The van der Waals surface area contributed by atoms with E-state index in [9.17, 15) is 0 Å². The number of pyridine rings is 1. The normalized spacial score (nSPS) is 10.7. The van der Waals surface area contributed by atoms with Crippen LogP contribution in [0.25, 0.3) is 17.1 Å². The summed E-state index contributed by atoms with van der Waals surface area (Å²) in [4.78, 5) is 4.22. The van der Waals surface area contributed by atoms with Crippen molar-refractivity contribution < 1.29 is 9.47 Å². The van der Waals surface area contributed by atoms with Crippen molar-refractivity contribution in [3.63, 3.8) is 0 Å². The van der Waals surface area contributed by atoms with Gasteiger partial charge in [0, 0.05) is 29.4 Å². The van der Waals surface area contributed by atoms with Crippen LogP contribution in [-0.2, 0) is 0 Å². The molecule has 2 aromatic heterocycles. The topological polar surface area (TPSA) is 62.1 Å². The van der Waals surface area contributed by atoms with Crippen LogP contribution in [0.5, 0.6) is 11.5 Å². The fourth-order valence-electron chi connectivity index (χ4n) is 2.95. The molecular formula is C23H22N4O2S. The molecule has 30 heavy (non-hydrogen) atoms. The van der Waals surface area contributed by atoms with Gasteiger partial charge in [-0.25, -0.2) is 0 Å². The minimum absolute atomic E-state index is 0.576. The second-order valence-electron chi connectivity index (χ2n) is 6.32. The van der Waals surface area contributed by atoms with Gasteiger partial charge >= 0.3 is 0 Å². The Morgan fingerprint density at radius 1 is 0.867 bits per heavy atom. The average molecular weight is 419 g/mol. The predicted octanol–water partition coefficient (Wildman–Crippen LogP) is 4.90. The molecule has 0 aliphatic heterocycles. The first-order chi connectivity index (χ1) is 14.8. The molecule has 0 saturated carbocycles. The number of aromatic nitrogens is 4. The molecule has 0 atom stereocenters. The smallest absolute Gasteiger partial charge is 0.196 e. The Balaban J connectivity index is 1.56. The number of rotatable bonds is 9. The zero-order chi connectivity index (χ0) is 20.6. The third-order valence-electron chi connectivity index (χ3n) is 4.29. The molecule has 0 fully saturated rings. The molecule has 0 aliphatic carbocycles. The third kappa shape index (κ3) is 4.80. The predicted molar refractivity (Wildman–Crippen MR) is 118 cm³/mol. The van der Waals surface area contributed by atoms with Gasteiger partial charge in [-0.1, -0.05) is 30.0 Å². The van der Waals surface area contributed by atoms with Crippen molar-refractivity contribution in [3.05, 3.63) is 79.1 Å². The number of thioether (sulfide) groups is 1. The molecule has 0 unspecified atom stereocenters. The first kappa shape index (κ1) is 20.0. The minimum Gasteiger partial charge on any atom is -0.494 e. The number of ether oxygens (including phenoxy) is 2. The van der Waals surface area contributed by atoms with Gasteiger partial charge in [0.05, 0.1) is 13.2 Å². The molecule has 0 bridgehead atoms. The number of nitrogens with zero attached hydrogens (tertiary/aromatic N) is 4. The van der Waals surface area contributed by atoms with E-state index in [1.807, 2.05) is 78.2 Å². The van der Waals surface area contributed by atoms with E-state index in [0.717, 1.165) is 39.5 Å². The van der Waals surface area contributed by atoms with Crippen molar-refractivity contribution in [3.8, 4) is 28.6 Å². The molecule has 2 aromatic carbocycles. The van der Waals surface area contributed by atoms with Crippen LogP contribution in [0.15, 0.2) is 84.3 Å². The lowest BCUT2D eigenvalue weighted by molar-refractivity contribution is 0.340. The van der Waals surface area contributed by atoms with Gasteiger partial charge in [-0.05, 0) is 55.5 Å². The fraction of sp³-hybridized carbons (Fsp3) is 0.174. The van der Waals surface area contributed by atoms with Crippen molar-refractivity contribution in [2.45, 2.75) is 12.1 Å². The van der Waals surface area contributed by atoms with Gasteiger partial charge in [0.2, 0.25) is 0 Å². The van der Waals surface area contributed by atoms with Gasteiger partial charge in [-0.2, -0.15) is 0 Å². The molecule has 4 aromatic rings. The summed E-state index contributed by atoms with van der Waals surface area (Å²) in [5.41, 5.74) is 1.88. The zero-order valence-electron chi connectivity index (χ0n) is 16.6. The average Bonchev–Trinajstić information content (AvgIpc) is 3.23. The fourth-order valence-corrected chi connectivity index (χ4v) is 3.71. The van der Waals surface area contributed by atoms with E-state index in [1.165, 1.54) is 0 Å². The summed E-state index contributed by atoms with van der Waals surface area (Å²) in [6, 6.07) is 21.6. The molecule has 0 saturated heterocycles. The number of benzene rings is 2. The third-order valence-corrected chi connectivity index (χ3v) is 5.18. The van der Waals surface area contributed by atoms with E-state index in [1.54, 1.807) is 24.2 Å². The number of hydrogen-bond donors (Lipinski definition) is 0. The van der Waals surface area contributed by atoms with Crippen molar-refractivity contribution in [2.24, 2.45) is 0 Å². The second kappa shape index (κ2) is 9.93. The maximum absolute atomic E-state index is 5.80. The maximum Gasteiger partial charge on any atom is 0.196 e. The van der Waals surface area contributed by atoms with Gasteiger partial charge in [-0.15, -0.1) is 10.2 Å². The highest BCUT2D eigenvalue weighted by molar-refractivity contribution is 7.99. The van der Waals surface area contributed by atoms with Crippen LogP contribution in [0, 0.1) is 0 Å². The van der Waals surface area contributed by atoms with E-state index in [2.05, 4.69) is 15.2 Å². The summed E-state index contributed by atoms with van der Waals surface area (Å²) in [7, 11) is 0. The summed E-state index contributed by atoms with van der Waals surface area (Å²) in [5.74, 6) is 3.19. The quantitative estimate of drug-likeness (QED) is 0.285.